The molecule has 1 aliphatic rings. The van der Waals surface area contributed by atoms with Crippen molar-refractivity contribution in [1.29, 1.82) is 0 Å². The molecule has 1 aromatic carbocycles. The Morgan fingerprint density at radius 3 is 2.83 bits per heavy atom. The largest absolute Gasteiger partial charge is 0.445 e. The highest BCUT2D eigenvalue weighted by molar-refractivity contribution is 5.68. The Kier molecular flexibility index (Phi) is 3.46. The Morgan fingerprint density at radius 2 is 1.96 bits per heavy atom. The molecule has 1 aliphatic heterocycles. The normalized spacial score (nSPS) is 13.8. The average molecular weight is 307 g/mol. The molecule has 0 N–H and O–H groups in total. The molecular weight excluding hydrogens is 290 g/mol. The number of hydrogen-bond donors (Lipinski definition) is 0. The van der Waals surface area contributed by atoms with Crippen molar-refractivity contribution in [3.8, 4) is 0 Å². The number of nitrogens with zero attached hydrogens (tertiary/aromatic N) is 3. The molecule has 1 amide bonds. The number of carbonyl (C=O) groups is 1. The summed E-state index contributed by atoms with van der Waals surface area (Å²) in [5.74, 6) is 0. The van der Waals surface area contributed by atoms with Gasteiger partial charge < -0.3 is 14.0 Å². The predicted octanol–water partition coefficient (Wildman–Crippen LogP) is 3.03. The van der Waals surface area contributed by atoms with Gasteiger partial charge in [0, 0.05) is 19.2 Å². The first-order chi connectivity index (χ1) is 11.3. The fraction of sp³-hybridized carbons (Fsp3) is 0.222. The SMILES string of the molecule is O=C(OCc1ccccc1)N1CCc2nc3ccccn3c2C1. The number of ether oxygens (including phenoxy) is 1. The number of fused-ring (bicyclic) bond motifs is 3. The van der Waals surface area contributed by atoms with E-state index in [1.807, 2.05) is 59.1 Å². The number of imidazole rings is 1. The second-order valence-corrected chi connectivity index (χ2v) is 5.65. The van der Waals surface area contributed by atoms with Crippen LogP contribution >= 0.6 is 0 Å². The van der Waals surface area contributed by atoms with E-state index in [-0.39, 0.29) is 6.09 Å². The van der Waals surface area contributed by atoms with Gasteiger partial charge in [-0.2, -0.15) is 0 Å². The van der Waals surface area contributed by atoms with Gasteiger partial charge >= 0.3 is 6.09 Å². The first-order valence-electron chi connectivity index (χ1n) is 7.72. The van der Waals surface area contributed by atoms with Crippen LogP contribution in [0.4, 0.5) is 4.79 Å². The summed E-state index contributed by atoms with van der Waals surface area (Å²) in [4.78, 5) is 18.7. The second-order valence-electron chi connectivity index (χ2n) is 5.65. The van der Waals surface area contributed by atoms with Gasteiger partial charge in [0.25, 0.3) is 0 Å². The number of pyridine rings is 1. The molecular formula is C18H17N3O2. The van der Waals surface area contributed by atoms with E-state index in [4.69, 9.17) is 4.74 Å². The van der Waals surface area contributed by atoms with Crippen molar-refractivity contribution in [2.45, 2.75) is 19.6 Å². The van der Waals surface area contributed by atoms with Gasteiger partial charge in [0.1, 0.15) is 12.3 Å². The van der Waals surface area contributed by atoms with Crippen LogP contribution in [-0.4, -0.2) is 26.9 Å². The van der Waals surface area contributed by atoms with Crippen molar-refractivity contribution in [3.63, 3.8) is 0 Å². The first-order valence-corrected chi connectivity index (χ1v) is 7.72. The minimum Gasteiger partial charge on any atom is -0.445 e. The summed E-state index contributed by atoms with van der Waals surface area (Å²) in [7, 11) is 0. The van der Waals surface area contributed by atoms with Crippen molar-refractivity contribution in [2.75, 3.05) is 6.54 Å². The maximum atomic E-state index is 12.3. The minimum absolute atomic E-state index is 0.273. The van der Waals surface area contributed by atoms with Gasteiger partial charge in [-0.3, -0.25) is 0 Å². The van der Waals surface area contributed by atoms with E-state index < -0.39 is 0 Å². The summed E-state index contributed by atoms with van der Waals surface area (Å²) in [6.45, 7) is 1.48. The summed E-state index contributed by atoms with van der Waals surface area (Å²) in [6.07, 6.45) is 2.47. The number of amides is 1. The topological polar surface area (TPSA) is 46.8 Å². The van der Waals surface area contributed by atoms with Gasteiger partial charge in [0.2, 0.25) is 0 Å². The molecule has 0 radical (unpaired) electrons. The van der Waals surface area contributed by atoms with Crippen LogP contribution in [0.5, 0.6) is 0 Å². The van der Waals surface area contributed by atoms with Crippen LogP contribution in [0.1, 0.15) is 17.0 Å². The molecule has 5 heteroatoms. The minimum atomic E-state index is -0.273. The van der Waals surface area contributed by atoms with Crippen LogP contribution in [0.25, 0.3) is 5.65 Å². The van der Waals surface area contributed by atoms with Gasteiger partial charge in [0.05, 0.1) is 17.9 Å². The van der Waals surface area contributed by atoms with Gasteiger partial charge in [-0.15, -0.1) is 0 Å². The van der Waals surface area contributed by atoms with Crippen LogP contribution in [-0.2, 0) is 24.3 Å². The molecule has 3 heterocycles. The smallest absolute Gasteiger partial charge is 0.410 e. The zero-order valence-electron chi connectivity index (χ0n) is 12.7. The Hall–Kier alpha value is -2.82. The molecule has 0 saturated heterocycles. The Labute approximate surface area is 134 Å². The van der Waals surface area contributed by atoms with E-state index >= 15 is 0 Å². The zero-order chi connectivity index (χ0) is 15.6. The summed E-state index contributed by atoms with van der Waals surface area (Å²) in [6, 6.07) is 15.7. The molecule has 3 aromatic rings. The van der Waals surface area contributed by atoms with Crippen LogP contribution in [0.15, 0.2) is 54.7 Å². The van der Waals surface area contributed by atoms with Crippen molar-refractivity contribution in [1.82, 2.24) is 14.3 Å². The second kappa shape index (κ2) is 5.76. The Bertz CT molecular complexity index is 842. The number of aromatic nitrogens is 2. The zero-order valence-corrected chi connectivity index (χ0v) is 12.7. The third kappa shape index (κ3) is 2.65. The molecule has 2 aromatic heterocycles. The van der Waals surface area contributed by atoms with Gasteiger partial charge in [-0.25, -0.2) is 9.78 Å². The quantitative estimate of drug-likeness (QED) is 0.731. The summed E-state index contributed by atoms with van der Waals surface area (Å²) >= 11 is 0. The maximum Gasteiger partial charge on any atom is 0.410 e. The fourth-order valence-electron chi connectivity index (χ4n) is 2.93. The summed E-state index contributed by atoms with van der Waals surface area (Å²) in [5, 5.41) is 0. The molecule has 0 spiro atoms. The average Bonchev–Trinajstić information content (AvgIpc) is 2.98. The van der Waals surface area contributed by atoms with E-state index in [9.17, 15) is 4.79 Å². The predicted molar refractivity (Wildman–Crippen MR) is 85.9 cm³/mol. The Balaban J connectivity index is 1.48. The molecule has 0 saturated carbocycles. The van der Waals surface area contributed by atoms with Crippen LogP contribution in [0.2, 0.25) is 0 Å². The van der Waals surface area contributed by atoms with Crippen LogP contribution < -0.4 is 0 Å². The van der Waals surface area contributed by atoms with Gasteiger partial charge in [-0.1, -0.05) is 36.4 Å². The Morgan fingerprint density at radius 1 is 1.13 bits per heavy atom. The number of rotatable bonds is 2. The van der Waals surface area contributed by atoms with Crippen molar-refractivity contribution in [3.05, 3.63) is 71.7 Å². The maximum absolute atomic E-state index is 12.3. The summed E-state index contributed by atoms with van der Waals surface area (Å²) in [5.41, 5.74) is 4.07. The van der Waals surface area contributed by atoms with E-state index in [1.54, 1.807) is 4.90 Å². The molecule has 0 aliphatic carbocycles. The highest BCUT2D eigenvalue weighted by Crippen LogP contribution is 2.21. The van der Waals surface area contributed by atoms with E-state index in [0.717, 1.165) is 29.0 Å². The molecule has 0 unspecified atom stereocenters. The summed E-state index contributed by atoms with van der Waals surface area (Å²) < 4.78 is 7.48. The molecule has 4 rings (SSSR count). The highest BCUT2D eigenvalue weighted by atomic mass is 16.6. The lowest BCUT2D eigenvalue weighted by molar-refractivity contribution is 0.0911. The lowest BCUT2D eigenvalue weighted by Crippen LogP contribution is -2.36. The lowest BCUT2D eigenvalue weighted by atomic mass is 10.1. The number of hydrogen-bond acceptors (Lipinski definition) is 3. The highest BCUT2D eigenvalue weighted by Gasteiger charge is 2.25. The van der Waals surface area contributed by atoms with E-state index in [2.05, 4.69) is 4.98 Å². The standard InChI is InChI=1S/C18H17N3O2/c22-18(23-13-14-6-2-1-3-7-14)20-11-9-15-16(12-20)21-10-5-4-8-17(21)19-15/h1-8,10H,9,11-13H2. The number of benzene rings is 1. The number of carbonyl (C=O) groups excluding carboxylic acids is 1. The van der Waals surface area contributed by atoms with Gasteiger partial charge in [0.15, 0.2) is 0 Å². The van der Waals surface area contributed by atoms with Crippen molar-refractivity contribution in [2.24, 2.45) is 0 Å². The van der Waals surface area contributed by atoms with Gasteiger partial charge in [-0.05, 0) is 17.7 Å². The van der Waals surface area contributed by atoms with E-state index in [1.165, 1.54) is 0 Å². The first kappa shape index (κ1) is 13.8. The van der Waals surface area contributed by atoms with Crippen molar-refractivity contribution < 1.29 is 9.53 Å². The monoisotopic (exact) mass is 307 g/mol. The van der Waals surface area contributed by atoms with Crippen LogP contribution in [0.3, 0.4) is 0 Å². The van der Waals surface area contributed by atoms with Crippen LogP contribution in [0, 0.1) is 0 Å². The molecule has 116 valence electrons. The van der Waals surface area contributed by atoms with E-state index in [0.29, 0.717) is 19.7 Å². The fourth-order valence-corrected chi connectivity index (χ4v) is 2.93. The molecule has 0 fully saturated rings. The lowest BCUT2D eigenvalue weighted by Gasteiger charge is -2.26. The molecule has 0 bridgehead atoms. The third-order valence-electron chi connectivity index (χ3n) is 4.13. The molecule has 23 heavy (non-hydrogen) atoms. The molecule has 5 nitrogen and oxygen atoms in total. The third-order valence-corrected chi connectivity index (χ3v) is 4.13. The van der Waals surface area contributed by atoms with Crippen molar-refractivity contribution >= 4 is 11.7 Å². The molecule has 0 atom stereocenters.